The normalized spacial score (nSPS) is 12.8. The zero-order valence-corrected chi connectivity index (χ0v) is 11.8. The van der Waals surface area contributed by atoms with Crippen molar-refractivity contribution in [3.05, 3.63) is 56.9 Å². The van der Waals surface area contributed by atoms with E-state index >= 15 is 0 Å². The molecule has 1 heterocycles. The molecule has 0 bridgehead atoms. The third kappa shape index (κ3) is 2.45. The predicted molar refractivity (Wildman–Crippen MR) is 73.1 cm³/mol. The van der Waals surface area contributed by atoms with Crippen LogP contribution in [0.5, 0.6) is 0 Å². The van der Waals surface area contributed by atoms with Crippen molar-refractivity contribution >= 4 is 15.9 Å². The van der Waals surface area contributed by atoms with Crippen molar-refractivity contribution in [2.75, 3.05) is 0 Å². The first kappa shape index (κ1) is 12.4. The third-order valence-electron chi connectivity index (χ3n) is 2.90. The average Bonchev–Trinajstić information content (AvgIpc) is 2.60. The van der Waals surface area contributed by atoms with E-state index in [1.165, 1.54) is 5.56 Å². The van der Waals surface area contributed by atoms with E-state index in [1.807, 2.05) is 26.0 Å². The van der Waals surface area contributed by atoms with E-state index in [2.05, 4.69) is 35.0 Å². The van der Waals surface area contributed by atoms with Gasteiger partial charge in [-0.2, -0.15) is 0 Å². The number of nitrogens with two attached hydrogens (primary N) is 1. The van der Waals surface area contributed by atoms with Crippen molar-refractivity contribution in [3.63, 3.8) is 0 Å². The molecule has 1 unspecified atom stereocenters. The summed E-state index contributed by atoms with van der Waals surface area (Å²) in [5.41, 5.74) is 9.66. The molecule has 0 saturated heterocycles. The Kier molecular flexibility index (Phi) is 3.40. The van der Waals surface area contributed by atoms with Crippen LogP contribution < -0.4 is 5.73 Å². The smallest absolute Gasteiger partial charge is 0.106 e. The van der Waals surface area contributed by atoms with Crippen LogP contribution in [-0.2, 0) is 0 Å². The van der Waals surface area contributed by atoms with Crippen LogP contribution in [0.15, 0.2) is 33.2 Å². The minimum Gasteiger partial charge on any atom is -0.466 e. The van der Waals surface area contributed by atoms with Crippen LogP contribution in [0.4, 0.5) is 0 Å². The van der Waals surface area contributed by atoms with Crippen molar-refractivity contribution in [1.29, 1.82) is 0 Å². The van der Waals surface area contributed by atoms with Crippen LogP contribution in [0.2, 0.25) is 0 Å². The van der Waals surface area contributed by atoms with Gasteiger partial charge in [-0.15, -0.1) is 0 Å². The second-order valence-corrected chi connectivity index (χ2v) is 5.23. The summed E-state index contributed by atoms with van der Waals surface area (Å²) in [5, 5.41) is 0. The van der Waals surface area contributed by atoms with E-state index in [0.717, 1.165) is 27.1 Å². The fourth-order valence-electron chi connectivity index (χ4n) is 2.03. The Morgan fingerprint density at radius 2 is 1.82 bits per heavy atom. The molecular formula is C14H16BrNO. The Bertz CT molecular complexity index is 545. The second kappa shape index (κ2) is 4.67. The quantitative estimate of drug-likeness (QED) is 0.908. The molecule has 2 aromatic rings. The van der Waals surface area contributed by atoms with Crippen molar-refractivity contribution in [3.8, 4) is 0 Å². The minimum absolute atomic E-state index is 0.151. The maximum Gasteiger partial charge on any atom is 0.106 e. The Morgan fingerprint density at radius 1 is 1.12 bits per heavy atom. The van der Waals surface area contributed by atoms with Crippen LogP contribution in [-0.4, -0.2) is 0 Å². The standard InChI is InChI=1S/C14H16BrNO/c1-8-4-5-13(15)12(6-8)14(16)11-7-9(2)17-10(11)3/h4-7,14H,16H2,1-3H3. The molecule has 1 aromatic carbocycles. The van der Waals surface area contributed by atoms with Gasteiger partial charge in [0.2, 0.25) is 0 Å². The van der Waals surface area contributed by atoms with Gasteiger partial charge in [-0.05, 0) is 38.5 Å². The Morgan fingerprint density at radius 3 is 2.41 bits per heavy atom. The zero-order chi connectivity index (χ0) is 12.6. The number of halogens is 1. The lowest BCUT2D eigenvalue weighted by Gasteiger charge is -2.14. The number of hydrogen-bond donors (Lipinski definition) is 1. The Labute approximate surface area is 110 Å². The number of benzene rings is 1. The van der Waals surface area contributed by atoms with Crippen LogP contribution >= 0.6 is 15.9 Å². The second-order valence-electron chi connectivity index (χ2n) is 4.37. The molecular weight excluding hydrogens is 278 g/mol. The van der Waals surface area contributed by atoms with Gasteiger partial charge in [-0.1, -0.05) is 33.6 Å². The van der Waals surface area contributed by atoms with Crippen LogP contribution in [0.25, 0.3) is 0 Å². The van der Waals surface area contributed by atoms with Crippen LogP contribution in [0.1, 0.15) is 34.3 Å². The molecule has 1 atom stereocenters. The zero-order valence-electron chi connectivity index (χ0n) is 10.3. The van der Waals surface area contributed by atoms with Gasteiger partial charge in [0.05, 0.1) is 6.04 Å². The summed E-state index contributed by atoms with van der Waals surface area (Å²) < 4.78 is 6.57. The van der Waals surface area contributed by atoms with E-state index in [-0.39, 0.29) is 6.04 Å². The van der Waals surface area contributed by atoms with Gasteiger partial charge in [0.1, 0.15) is 11.5 Å². The molecule has 2 nitrogen and oxygen atoms in total. The molecule has 0 radical (unpaired) electrons. The lowest BCUT2D eigenvalue weighted by molar-refractivity contribution is 0.499. The van der Waals surface area contributed by atoms with Crippen molar-refractivity contribution in [2.24, 2.45) is 5.73 Å². The fourth-order valence-corrected chi connectivity index (χ4v) is 2.52. The van der Waals surface area contributed by atoms with E-state index < -0.39 is 0 Å². The molecule has 0 aliphatic rings. The summed E-state index contributed by atoms with van der Waals surface area (Å²) in [6, 6.07) is 8.06. The van der Waals surface area contributed by atoms with Gasteiger partial charge in [0, 0.05) is 10.0 Å². The Hall–Kier alpha value is -1.06. The highest BCUT2D eigenvalue weighted by atomic mass is 79.9. The first-order valence-corrected chi connectivity index (χ1v) is 6.37. The molecule has 0 fully saturated rings. The summed E-state index contributed by atoms with van der Waals surface area (Å²) in [5.74, 6) is 1.79. The molecule has 2 N–H and O–H groups in total. The molecule has 0 aliphatic carbocycles. The van der Waals surface area contributed by atoms with Crippen molar-refractivity contribution in [2.45, 2.75) is 26.8 Å². The summed E-state index contributed by atoms with van der Waals surface area (Å²) in [7, 11) is 0. The topological polar surface area (TPSA) is 39.2 Å². The van der Waals surface area contributed by atoms with E-state index in [1.54, 1.807) is 0 Å². The van der Waals surface area contributed by atoms with Gasteiger partial charge in [-0.25, -0.2) is 0 Å². The van der Waals surface area contributed by atoms with Crippen LogP contribution in [0, 0.1) is 20.8 Å². The summed E-state index contributed by atoms with van der Waals surface area (Å²) >= 11 is 3.55. The number of furan rings is 1. The van der Waals surface area contributed by atoms with Crippen molar-refractivity contribution in [1.82, 2.24) is 0 Å². The van der Waals surface area contributed by atoms with Crippen molar-refractivity contribution < 1.29 is 4.42 Å². The average molecular weight is 294 g/mol. The number of rotatable bonds is 2. The molecule has 2 rings (SSSR count). The lowest BCUT2D eigenvalue weighted by Crippen LogP contribution is -2.13. The van der Waals surface area contributed by atoms with Gasteiger partial charge in [0.25, 0.3) is 0 Å². The fraction of sp³-hybridized carbons (Fsp3) is 0.286. The van der Waals surface area contributed by atoms with E-state index in [9.17, 15) is 0 Å². The first-order chi connectivity index (χ1) is 7.99. The predicted octanol–water partition coefficient (Wildman–Crippen LogP) is 4.02. The monoisotopic (exact) mass is 293 g/mol. The maximum atomic E-state index is 6.31. The highest BCUT2D eigenvalue weighted by Gasteiger charge is 2.17. The molecule has 17 heavy (non-hydrogen) atoms. The molecule has 1 aromatic heterocycles. The molecule has 0 saturated carbocycles. The maximum absolute atomic E-state index is 6.31. The number of hydrogen-bond acceptors (Lipinski definition) is 2. The van der Waals surface area contributed by atoms with Gasteiger partial charge in [0.15, 0.2) is 0 Å². The van der Waals surface area contributed by atoms with Crippen LogP contribution in [0.3, 0.4) is 0 Å². The van der Waals surface area contributed by atoms with Gasteiger partial charge < -0.3 is 10.2 Å². The molecule has 3 heteroatoms. The van der Waals surface area contributed by atoms with E-state index in [0.29, 0.717) is 0 Å². The molecule has 0 spiro atoms. The summed E-state index contributed by atoms with van der Waals surface area (Å²) in [6.45, 7) is 5.95. The van der Waals surface area contributed by atoms with Gasteiger partial charge in [-0.3, -0.25) is 0 Å². The lowest BCUT2D eigenvalue weighted by atomic mass is 9.98. The molecule has 0 aliphatic heterocycles. The molecule has 0 amide bonds. The van der Waals surface area contributed by atoms with Gasteiger partial charge >= 0.3 is 0 Å². The highest BCUT2D eigenvalue weighted by Crippen LogP contribution is 2.30. The minimum atomic E-state index is -0.151. The highest BCUT2D eigenvalue weighted by molar-refractivity contribution is 9.10. The largest absolute Gasteiger partial charge is 0.466 e. The molecule has 90 valence electrons. The number of aryl methyl sites for hydroxylation is 3. The SMILES string of the molecule is Cc1ccc(Br)c(C(N)c2cc(C)oc2C)c1. The summed E-state index contributed by atoms with van der Waals surface area (Å²) in [6.07, 6.45) is 0. The first-order valence-electron chi connectivity index (χ1n) is 5.57. The van der Waals surface area contributed by atoms with E-state index in [4.69, 9.17) is 10.2 Å². The third-order valence-corrected chi connectivity index (χ3v) is 3.62. The summed E-state index contributed by atoms with van der Waals surface area (Å²) in [4.78, 5) is 0. The Balaban J connectivity index is 2.46.